The average molecular weight is 229 g/mol. The Labute approximate surface area is 103 Å². The van der Waals surface area contributed by atoms with Crippen molar-refractivity contribution >= 4 is 5.69 Å². The van der Waals surface area contributed by atoms with Gasteiger partial charge >= 0.3 is 0 Å². The highest BCUT2D eigenvalue weighted by Gasteiger charge is 2.00. The largest absolute Gasteiger partial charge is 0.379 e. The molecule has 0 fully saturated rings. The maximum atomic E-state index is 4.10. The Morgan fingerprint density at radius 1 is 1.35 bits per heavy atom. The van der Waals surface area contributed by atoms with Crippen molar-refractivity contribution in [1.29, 1.82) is 0 Å². The number of aryl methyl sites for hydroxylation is 3. The van der Waals surface area contributed by atoms with Crippen molar-refractivity contribution < 1.29 is 0 Å². The molecule has 0 spiro atoms. The molecule has 1 heterocycles. The van der Waals surface area contributed by atoms with E-state index in [9.17, 15) is 0 Å². The number of rotatable bonds is 4. The molecule has 0 saturated heterocycles. The van der Waals surface area contributed by atoms with Crippen LogP contribution in [-0.4, -0.2) is 9.55 Å². The summed E-state index contributed by atoms with van der Waals surface area (Å²) in [4.78, 5) is 4.10. The Hall–Kier alpha value is -1.77. The van der Waals surface area contributed by atoms with Crippen LogP contribution >= 0.6 is 0 Å². The van der Waals surface area contributed by atoms with E-state index in [1.54, 1.807) is 0 Å². The molecule has 0 saturated carbocycles. The topological polar surface area (TPSA) is 29.9 Å². The number of anilines is 1. The van der Waals surface area contributed by atoms with Gasteiger partial charge in [-0.2, -0.15) is 0 Å². The van der Waals surface area contributed by atoms with Crippen molar-refractivity contribution in [3.63, 3.8) is 0 Å². The Balaban J connectivity index is 2.07. The number of hydrogen-bond acceptors (Lipinski definition) is 2. The van der Waals surface area contributed by atoms with Gasteiger partial charge in [0.2, 0.25) is 0 Å². The number of benzene rings is 1. The van der Waals surface area contributed by atoms with Gasteiger partial charge in [0.05, 0.1) is 18.6 Å². The van der Waals surface area contributed by atoms with Crippen molar-refractivity contribution in [3.05, 3.63) is 47.5 Å². The van der Waals surface area contributed by atoms with Crippen LogP contribution in [0.4, 0.5) is 5.69 Å². The van der Waals surface area contributed by atoms with Crippen molar-refractivity contribution in [1.82, 2.24) is 9.55 Å². The summed E-state index contributed by atoms with van der Waals surface area (Å²) < 4.78 is 2.03. The molecule has 1 N–H and O–H groups in total. The minimum atomic E-state index is 0.808. The average Bonchev–Trinajstić information content (AvgIpc) is 2.74. The molecule has 3 heteroatoms. The van der Waals surface area contributed by atoms with E-state index in [2.05, 4.69) is 42.3 Å². The fraction of sp³-hybridized carbons (Fsp3) is 0.357. The second-order valence-corrected chi connectivity index (χ2v) is 4.34. The summed E-state index contributed by atoms with van der Waals surface area (Å²) in [6.45, 7) is 5.15. The summed E-state index contributed by atoms with van der Waals surface area (Å²) >= 11 is 0. The summed E-state index contributed by atoms with van der Waals surface area (Å²) in [7, 11) is 2.01. The SMILES string of the molecule is CCc1cc(NCc2cncn2C)ccc1C. The summed E-state index contributed by atoms with van der Waals surface area (Å²) in [5.74, 6) is 0. The molecule has 0 atom stereocenters. The van der Waals surface area contributed by atoms with Crippen LogP contribution in [0.2, 0.25) is 0 Å². The number of hydrogen-bond donors (Lipinski definition) is 1. The quantitative estimate of drug-likeness (QED) is 0.873. The van der Waals surface area contributed by atoms with Gasteiger partial charge in [0, 0.05) is 18.9 Å². The molecule has 0 aliphatic heterocycles. The lowest BCUT2D eigenvalue weighted by molar-refractivity contribution is 0.837. The molecule has 0 unspecified atom stereocenters. The zero-order chi connectivity index (χ0) is 12.3. The van der Waals surface area contributed by atoms with Crippen molar-refractivity contribution in [2.24, 2.45) is 7.05 Å². The minimum absolute atomic E-state index is 0.808. The lowest BCUT2D eigenvalue weighted by Crippen LogP contribution is -2.04. The molecule has 17 heavy (non-hydrogen) atoms. The first kappa shape index (κ1) is 11.7. The van der Waals surface area contributed by atoms with E-state index in [4.69, 9.17) is 0 Å². The molecule has 1 aromatic carbocycles. The smallest absolute Gasteiger partial charge is 0.0946 e. The monoisotopic (exact) mass is 229 g/mol. The zero-order valence-electron chi connectivity index (χ0n) is 10.7. The second kappa shape index (κ2) is 5.04. The van der Waals surface area contributed by atoms with Gasteiger partial charge in [-0.25, -0.2) is 4.98 Å². The van der Waals surface area contributed by atoms with Crippen LogP contribution in [0.1, 0.15) is 23.7 Å². The van der Waals surface area contributed by atoms with Gasteiger partial charge < -0.3 is 9.88 Å². The van der Waals surface area contributed by atoms with Crippen LogP contribution in [0.25, 0.3) is 0 Å². The summed E-state index contributed by atoms with van der Waals surface area (Å²) in [6, 6.07) is 6.53. The molecule has 3 nitrogen and oxygen atoms in total. The van der Waals surface area contributed by atoms with Crippen LogP contribution in [0.15, 0.2) is 30.7 Å². The van der Waals surface area contributed by atoms with Crippen molar-refractivity contribution in [2.45, 2.75) is 26.8 Å². The van der Waals surface area contributed by atoms with Gasteiger partial charge in [-0.15, -0.1) is 0 Å². The van der Waals surface area contributed by atoms with Crippen molar-refractivity contribution in [2.75, 3.05) is 5.32 Å². The lowest BCUT2D eigenvalue weighted by Gasteiger charge is -2.10. The van der Waals surface area contributed by atoms with E-state index in [-0.39, 0.29) is 0 Å². The number of imidazole rings is 1. The first-order chi connectivity index (χ1) is 8.20. The first-order valence-electron chi connectivity index (χ1n) is 5.99. The highest BCUT2D eigenvalue weighted by Crippen LogP contribution is 2.16. The second-order valence-electron chi connectivity index (χ2n) is 4.34. The number of nitrogens with zero attached hydrogens (tertiary/aromatic N) is 2. The molecule has 2 rings (SSSR count). The molecule has 2 aromatic rings. The van der Waals surface area contributed by atoms with E-state index in [1.807, 2.05) is 24.1 Å². The molecule has 0 amide bonds. The molecule has 0 aliphatic rings. The summed E-state index contributed by atoms with van der Waals surface area (Å²) in [6.07, 6.45) is 4.79. The molecule has 1 aromatic heterocycles. The standard InChI is InChI=1S/C14H19N3/c1-4-12-7-13(6-5-11(12)2)16-9-14-8-15-10-17(14)3/h5-8,10,16H,4,9H2,1-3H3. The van der Waals surface area contributed by atoms with Crippen LogP contribution in [0.5, 0.6) is 0 Å². The third-order valence-corrected chi connectivity index (χ3v) is 3.12. The lowest BCUT2D eigenvalue weighted by atomic mass is 10.1. The minimum Gasteiger partial charge on any atom is -0.379 e. The van der Waals surface area contributed by atoms with Gasteiger partial charge in [-0.05, 0) is 36.6 Å². The van der Waals surface area contributed by atoms with E-state index in [1.165, 1.54) is 22.5 Å². The molecular formula is C14H19N3. The van der Waals surface area contributed by atoms with E-state index in [0.717, 1.165) is 13.0 Å². The van der Waals surface area contributed by atoms with Crippen LogP contribution in [0, 0.1) is 6.92 Å². The summed E-state index contributed by atoms with van der Waals surface area (Å²) in [5, 5.41) is 3.43. The Bertz CT molecular complexity index is 500. The van der Waals surface area contributed by atoms with Gasteiger partial charge in [0.1, 0.15) is 0 Å². The number of aromatic nitrogens is 2. The highest BCUT2D eigenvalue weighted by atomic mass is 15.0. The van der Waals surface area contributed by atoms with Gasteiger partial charge in [0.15, 0.2) is 0 Å². The van der Waals surface area contributed by atoms with Gasteiger partial charge in [0.25, 0.3) is 0 Å². The summed E-state index contributed by atoms with van der Waals surface area (Å²) in [5.41, 5.74) is 5.12. The maximum absolute atomic E-state index is 4.10. The first-order valence-corrected chi connectivity index (χ1v) is 5.99. The third-order valence-electron chi connectivity index (χ3n) is 3.12. The fourth-order valence-electron chi connectivity index (χ4n) is 1.91. The van der Waals surface area contributed by atoms with Crippen LogP contribution in [-0.2, 0) is 20.0 Å². The normalized spacial score (nSPS) is 10.5. The Kier molecular flexibility index (Phi) is 3.47. The molecule has 0 bridgehead atoms. The molecule has 90 valence electrons. The highest BCUT2D eigenvalue weighted by molar-refractivity contribution is 5.48. The van der Waals surface area contributed by atoms with E-state index < -0.39 is 0 Å². The van der Waals surface area contributed by atoms with Crippen LogP contribution < -0.4 is 5.32 Å². The van der Waals surface area contributed by atoms with Gasteiger partial charge in [-0.3, -0.25) is 0 Å². The Morgan fingerprint density at radius 2 is 2.18 bits per heavy atom. The molecule has 0 radical (unpaired) electrons. The molecule has 0 aliphatic carbocycles. The van der Waals surface area contributed by atoms with E-state index in [0.29, 0.717) is 0 Å². The van der Waals surface area contributed by atoms with E-state index >= 15 is 0 Å². The molecular weight excluding hydrogens is 210 g/mol. The number of nitrogens with one attached hydrogen (secondary N) is 1. The zero-order valence-corrected chi connectivity index (χ0v) is 10.7. The predicted molar refractivity (Wildman–Crippen MR) is 71.1 cm³/mol. The van der Waals surface area contributed by atoms with Gasteiger partial charge in [-0.1, -0.05) is 13.0 Å². The predicted octanol–water partition coefficient (Wildman–Crippen LogP) is 2.90. The third kappa shape index (κ3) is 2.67. The maximum Gasteiger partial charge on any atom is 0.0946 e. The van der Waals surface area contributed by atoms with Crippen molar-refractivity contribution in [3.8, 4) is 0 Å². The Morgan fingerprint density at radius 3 is 2.82 bits per heavy atom. The van der Waals surface area contributed by atoms with Crippen LogP contribution in [0.3, 0.4) is 0 Å². The fourth-order valence-corrected chi connectivity index (χ4v) is 1.91.